The Morgan fingerprint density at radius 3 is 2.76 bits per heavy atom. The third kappa shape index (κ3) is 3.17. The molecule has 1 N–H and O–H groups in total. The summed E-state index contributed by atoms with van der Waals surface area (Å²) in [5.74, 6) is -0.0507. The zero-order valence-corrected chi connectivity index (χ0v) is 9.71. The van der Waals surface area contributed by atoms with Gasteiger partial charge < -0.3 is 5.32 Å². The summed E-state index contributed by atoms with van der Waals surface area (Å²) in [6, 6.07) is 11.1. The summed E-state index contributed by atoms with van der Waals surface area (Å²) in [6.45, 7) is 2.63. The zero-order chi connectivity index (χ0) is 12.1. The summed E-state index contributed by atoms with van der Waals surface area (Å²) < 4.78 is 1.80. The van der Waals surface area contributed by atoms with E-state index < -0.39 is 0 Å². The highest BCUT2D eigenvalue weighted by Gasteiger charge is 2.09. The highest BCUT2D eigenvalue weighted by Crippen LogP contribution is 1.99. The van der Waals surface area contributed by atoms with Crippen LogP contribution < -0.4 is 5.32 Å². The summed E-state index contributed by atoms with van der Waals surface area (Å²) in [7, 11) is 0. The Morgan fingerprint density at radius 2 is 2.12 bits per heavy atom. The molecule has 17 heavy (non-hydrogen) atoms. The number of carbonyl (C=O) groups excluding carboxylic acids is 1. The SMILES string of the molecule is CC(Cn1cccn1)NC(=O)c1ccccc1. The molecule has 0 aliphatic heterocycles. The molecule has 1 unspecified atom stereocenters. The fourth-order valence-electron chi connectivity index (χ4n) is 1.63. The van der Waals surface area contributed by atoms with Crippen LogP contribution in [0.25, 0.3) is 0 Å². The lowest BCUT2D eigenvalue weighted by atomic mass is 10.2. The van der Waals surface area contributed by atoms with Crippen molar-refractivity contribution in [1.82, 2.24) is 15.1 Å². The van der Waals surface area contributed by atoms with Crippen LogP contribution in [0, 0.1) is 0 Å². The van der Waals surface area contributed by atoms with Crippen LogP contribution in [-0.4, -0.2) is 21.7 Å². The molecule has 2 rings (SSSR count). The van der Waals surface area contributed by atoms with Crippen molar-refractivity contribution in [3.8, 4) is 0 Å². The van der Waals surface area contributed by atoms with Crippen molar-refractivity contribution < 1.29 is 4.79 Å². The van der Waals surface area contributed by atoms with Crippen molar-refractivity contribution in [2.45, 2.75) is 19.5 Å². The molecule has 1 aromatic heterocycles. The van der Waals surface area contributed by atoms with Crippen LogP contribution in [-0.2, 0) is 6.54 Å². The van der Waals surface area contributed by atoms with E-state index in [4.69, 9.17) is 0 Å². The van der Waals surface area contributed by atoms with E-state index in [1.165, 1.54) is 0 Å². The minimum Gasteiger partial charge on any atom is -0.348 e. The molecule has 0 fully saturated rings. The maximum Gasteiger partial charge on any atom is 0.251 e. The van der Waals surface area contributed by atoms with Gasteiger partial charge in [-0.1, -0.05) is 18.2 Å². The molecule has 1 amide bonds. The van der Waals surface area contributed by atoms with Gasteiger partial charge in [0.2, 0.25) is 0 Å². The highest BCUT2D eigenvalue weighted by molar-refractivity contribution is 5.94. The first-order valence-corrected chi connectivity index (χ1v) is 5.59. The molecule has 0 spiro atoms. The molecule has 1 heterocycles. The first-order chi connectivity index (χ1) is 8.25. The number of carbonyl (C=O) groups is 1. The molecular formula is C13H15N3O. The summed E-state index contributed by atoms with van der Waals surface area (Å²) in [6.07, 6.45) is 3.61. The third-order valence-corrected chi connectivity index (χ3v) is 2.43. The normalized spacial score (nSPS) is 12.1. The van der Waals surface area contributed by atoms with E-state index >= 15 is 0 Å². The summed E-state index contributed by atoms with van der Waals surface area (Å²) in [5, 5.41) is 7.04. The van der Waals surface area contributed by atoms with E-state index in [1.54, 1.807) is 23.0 Å². The molecule has 1 atom stereocenters. The zero-order valence-electron chi connectivity index (χ0n) is 9.71. The number of rotatable bonds is 4. The quantitative estimate of drug-likeness (QED) is 0.867. The number of nitrogens with zero attached hydrogens (tertiary/aromatic N) is 2. The van der Waals surface area contributed by atoms with E-state index in [-0.39, 0.29) is 11.9 Å². The predicted molar refractivity (Wildman–Crippen MR) is 65.6 cm³/mol. The van der Waals surface area contributed by atoms with Crippen molar-refractivity contribution in [2.24, 2.45) is 0 Å². The Bertz CT molecular complexity index is 465. The second kappa shape index (κ2) is 5.30. The lowest BCUT2D eigenvalue weighted by Gasteiger charge is -2.13. The number of amides is 1. The number of aromatic nitrogens is 2. The predicted octanol–water partition coefficient (Wildman–Crippen LogP) is 1.70. The lowest BCUT2D eigenvalue weighted by Crippen LogP contribution is -2.35. The standard InChI is InChI=1S/C13H15N3O/c1-11(10-16-9-5-8-14-16)15-13(17)12-6-3-2-4-7-12/h2-9,11H,10H2,1H3,(H,15,17). The molecule has 0 aliphatic carbocycles. The maximum absolute atomic E-state index is 11.8. The molecule has 0 saturated heterocycles. The Morgan fingerprint density at radius 1 is 1.35 bits per heavy atom. The largest absolute Gasteiger partial charge is 0.348 e. The summed E-state index contributed by atoms with van der Waals surface area (Å²) in [4.78, 5) is 11.8. The second-order valence-electron chi connectivity index (χ2n) is 3.97. The van der Waals surface area contributed by atoms with Crippen LogP contribution in [0.5, 0.6) is 0 Å². The van der Waals surface area contributed by atoms with Gasteiger partial charge in [0.15, 0.2) is 0 Å². The molecule has 2 aromatic rings. The average Bonchev–Trinajstić information content (AvgIpc) is 2.82. The number of hydrogen-bond donors (Lipinski definition) is 1. The molecule has 0 radical (unpaired) electrons. The van der Waals surface area contributed by atoms with E-state index in [1.807, 2.05) is 37.4 Å². The Kier molecular flexibility index (Phi) is 3.55. The Balaban J connectivity index is 1.91. The van der Waals surface area contributed by atoms with E-state index in [2.05, 4.69) is 10.4 Å². The van der Waals surface area contributed by atoms with Gasteiger partial charge in [-0.25, -0.2) is 0 Å². The van der Waals surface area contributed by atoms with Crippen molar-refractivity contribution >= 4 is 5.91 Å². The first-order valence-electron chi connectivity index (χ1n) is 5.59. The molecule has 88 valence electrons. The molecule has 1 aromatic carbocycles. The lowest BCUT2D eigenvalue weighted by molar-refractivity contribution is 0.0936. The first kappa shape index (κ1) is 11.4. The van der Waals surface area contributed by atoms with Crippen LogP contribution in [0.4, 0.5) is 0 Å². The van der Waals surface area contributed by atoms with Crippen LogP contribution >= 0.6 is 0 Å². The van der Waals surface area contributed by atoms with Crippen LogP contribution in [0.1, 0.15) is 17.3 Å². The van der Waals surface area contributed by atoms with Gasteiger partial charge in [-0.3, -0.25) is 9.48 Å². The number of benzene rings is 1. The number of hydrogen-bond acceptors (Lipinski definition) is 2. The van der Waals surface area contributed by atoms with Crippen molar-refractivity contribution in [2.75, 3.05) is 0 Å². The van der Waals surface area contributed by atoms with Gasteiger partial charge in [0.05, 0.1) is 6.54 Å². The summed E-state index contributed by atoms with van der Waals surface area (Å²) >= 11 is 0. The van der Waals surface area contributed by atoms with Gasteiger partial charge in [-0.15, -0.1) is 0 Å². The topological polar surface area (TPSA) is 46.9 Å². The fraction of sp³-hybridized carbons (Fsp3) is 0.231. The van der Waals surface area contributed by atoms with Gasteiger partial charge in [-0.05, 0) is 25.1 Å². The van der Waals surface area contributed by atoms with Crippen molar-refractivity contribution in [3.05, 3.63) is 54.4 Å². The Labute approximate surface area is 100 Å². The van der Waals surface area contributed by atoms with Gasteiger partial charge in [-0.2, -0.15) is 5.10 Å². The molecule has 0 aliphatic rings. The van der Waals surface area contributed by atoms with Crippen molar-refractivity contribution in [3.63, 3.8) is 0 Å². The average molecular weight is 229 g/mol. The molecular weight excluding hydrogens is 214 g/mol. The number of nitrogens with one attached hydrogen (secondary N) is 1. The molecule has 0 saturated carbocycles. The van der Waals surface area contributed by atoms with Crippen LogP contribution in [0.3, 0.4) is 0 Å². The maximum atomic E-state index is 11.8. The molecule has 4 heteroatoms. The van der Waals surface area contributed by atoms with Gasteiger partial charge in [0.25, 0.3) is 5.91 Å². The van der Waals surface area contributed by atoms with E-state index in [9.17, 15) is 4.79 Å². The van der Waals surface area contributed by atoms with Gasteiger partial charge in [0, 0.05) is 24.0 Å². The minimum atomic E-state index is -0.0507. The molecule has 4 nitrogen and oxygen atoms in total. The Hall–Kier alpha value is -2.10. The van der Waals surface area contributed by atoms with E-state index in [0.29, 0.717) is 12.1 Å². The second-order valence-corrected chi connectivity index (χ2v) is 3.97. The fourth-order valence-corrected chi connectivity index (χ4v) is 1.63. The highest BCUT2D eigenvalue weighted by atomic mass is 16.1. The van der Waals surface area contributed by atoms with Crippen LogP contribution in [0.2, 0.25) is 0 Å². The smallest absolute Gasteiger partial charge is 0.251 e. The van der Waals surface area contributed by atoms with Gasteiger partial charge in [0.1, 0.15) is 0 Å². The van der Waals surface area contributed by atoms with Gasteiger partial charge >= 0.3 is 0 Å². The van der Waals surface area contributed by atoms with Crippen LogP contribution in [0.15, 0.2) is 48.8 Å². The summed E-state index contributed by atoms with van der Waals surface area (Å²) in [5.41, 5.74) is 0.680. The minimum absolute atomic E-state index is 0.0441. The van der Waals surface area contributed by atoms with Crippen molar-refractivity contribution in [1.29, 1.82) is 0 Å². The third-order valence-electron chi connectivity index (χ3n) is 2.43. The monoisotopic (exact) mass is 229 g/mol. The van der Waals surface area contributed by atoms with E-state index in [0.717, 1.165) is 0 Å². The molecule has 0 bridgehead atoms.